The molecule has 0 aromatic carbocycles. The number of anilines is 1. The molecule has 1 aliphatic heterocycles. The Bertz CT molecular complexity index is 950. The fourth-order valence-electron chi connectivity index (χ4n) is 4.09. The number of rotatable bonds is 5. The first-order valence-corrected chi connectivity index (χ1v) is 10.0. The average molecular weight is 379 g/mol. The van der Waals surface area contributed by atoms with E-state index in [-0.39, 0.29) is 0 Å². The Kier molecular flexibility index (Phi) is 4.29. The normalized spacial score (nSPS) is 18.0. The van der Waals surface area contributed by atoms with Crippen LogP contribution in [0.5, 0.6) is 0 Å². The van der Waals surface area contributed by atoms with Gasteiger partial charge in [-0.05, 0) is 39.5 Å². The second kappa shape index (κ2) is 6.96. The summed E-state index contributed by atoms with van der Waals surface area (Å²) in [7, 11) is 0. The lowest BCUT2D eigenvalue weighted by molar-refractivity contribution is 0.458. The minimum atomic E-state index is 0.437. The molecular weight excluding hydrogens is 354 g/mol. The molecule has 2 aliphatic rings. The van der Waals surface area contributed by atoms with Gasteiger partial charge in [0.25, 0.3) is 0 Å². The van der Waals surface area contributed by atoms with E-state index in [1.807, 2.05) is 24.7 Å². The molecule has 1 aliphatic carbocycles. The summed E-state index contributed by atoms with van der Waals surface area (Å²) >= 11 is 0. The second-order valence-electron chi connectivity index (χ2n) is 7.85. The summed E-state index contributed by atoms with van der Waals surface area (Å²) < 4.78 is 4.19. The van der Waals surface area contributed by atoms with Crippen LogP contribution < -0.4 is 4.90 Å². The van der Waals surface area contributed by atoms with Gasteiger partial charge in [-0.3, -0.25) is 4.98 Å². The maximum absolute atomic E-state index is 4.71. The zero-order valence-corrected chi connectivity index (χ0v) is 16.4. The average Bonchev–Trinajstić information content (AvgIpc) is 3.25. The lowest BCUT2D eigenvalue weighted by Crippen LogP contribution is -2.35. The van der Waals surface area contributed by atoms with E-state index in [1.165, 1.54) is 12.8 Å². The van der Waals surface area contributed by atoms with Crippen molar-refractivity contribution in [2.24, 2.45) is 0 Å². The molecule has 1 saturated carbocycles. The number of aryl methyl sites for hydroxylation is 2. The standard InChI is InChI=1S/C19H25N9/c1-13-9-21-14(2)18(23-13)26-7-5-15(6-8-26)19-25-24-17(28(19)16-3-4-16)10-27-12-20-11-22-27/h9,11-12,15-16H,3-8,10H2,1-2H3. The van der Waals surface area contributed by atoms with Crippen LogP contribution in [-0.2, 0) is 6.54 Å². The molecule has 0 atom stereocenters. The molecule has 146 valence electrons. The highest BCUT2D eigenvalue weighted by Crippen LogP contribution is 2.40. The van der Waals surface area contributed by atoms with Gasteiger partial charge in [0.1, 0.15) is 30.8 Å². The first-order chi connectivity index (χ1) is 13.7. The molecule has 1 saturated heterocycles. The lowest BCUT2D eigenvalue weighted by atomic mass is 9.95. The predicted octanol–water partition coefficient (Wildman–Crippen LogP) is 2.04. The Morgan fingerprint density at radius 3 is 2.61 bits per heavy atom. The van der Waals surface area contributed by atoms with E-state index in [0.717, 1.165) is 54.8 Å². The molecule has 3 aromatic heterocycles. The fraction of sp³-hybridized carbons (Fsp3) is 0.579. The van der Waals surface area contributed by atoms with Crippen molar-refractivity contribution in [3.05, 3.63) is 41.9 Å². The summed E-state index contributed by atoms with van der Waals surface area (Å²) in [5.41, 5.74) is 1.97. The highest BCUT2D eigenvalue weighted by atomic mass is 15.4. The first kappa shape index (κ1) is 17.3. The highest BCUT2D eigenvalue weighted by Gasteiger charge is 2.34. The molecule has 9 heteroatoms. The van der Waals surface area contributed by atoms with E-state index in [0.29, 0.717) is 18.5 Å². The van der Waals surface area contributed by atoms with Gasteiger partial charge in [-0.25, -0.2) is 14.6 Å². The molecule has 4 heterocycles. The minimum Gasteiger partial charge on any atom is -0.355 e. The second-order valence-corrected chi connectivity index (χ2v) is 7.85. The molecule has 3 aromatic rings. The number of nitrogens with zero attached hydrogens (tertiary/aromatic N) is 9. The fourth-order valence-corrected chi connectivity index (χ4v) is 4.09. The summed E-state index contributed by atoms with van der Waals surface area (Å²) in [6.07, 6.45) is 9.67. The molecule has 5 rings (SSSR count). The van der Waals surface area contributed by atoms with Gasteiger partial charge >= 0.3 is 0 Å². The van der Waals surface area contributed by atoms with Gasteiger partial charge in [0.15, 0.2) is 5.82 Å². The smallest absolute Gasteiger partial charge is 0.155 e. The van der Waals surface area contributed by atoms with Crippen molar-refractivity contribution in [3.8, 4) is 0 Å². The van der Waals surface area contributed by atoms with E-state index in [2.05, 4.69) is 34.7 Å². The molecule has 0 spiro atoms. The minimum absolute atomic E-state index is 0.437. The zero-order chi connectivity index (χ0) is 19.1. The van der Waals surface area contributed by atoms with Gasteiger partial charge < -0.3 is 9.47 Å². The van der Waals surface area contributed by atoms with Crippen LogP contribution >= 0.6 is 0 Å². The van der Waals surface area contributed by atoms with Gasteiger partial charge in [0.2, 0.25) is 0 Å². The maximum Gasteiger partial charge on any atom is 0.155 e. The first-order valence-electron chi connectivity index (χ1n) is 10.0. The van der Waals surface area contributed by atoms with Crippen LogP contribution in [0.15, 0.2) is 18.9 Å². The molecule has 0 bridgehead atoms. The van der Waals surface area contributed by atoms with Crippen molar-refractivity contribution in [1.82, 2.24) is 39.5 Å². The van der Waals surface area contributed by atoms with E-state index < -0.39 is 0 Å². The number of aromatic nitrogens is 8. The lowest BCUT2D eigenvalue weighted by Gasteiger charge is -2.33. The molecular formula is C19H25N9. The van der Waals surface area contributed by atoms with Crippen LogP contribution in [-0.4, -0.2) is 52.6 Å². The van der Waals surface area contributed by atoms with Crippen LogP contribution in [0.4, 0.5) is 5.82 Å². The van der Waals surface area contributed by atoms with Crippen LogP contribution in [0.25, 0.3) is 0 Å². The van der Waals surface area contributed by atoms with Crippen molar-refractivity contribution < 1.29 is 0 Å². The van der Waals surface area contributed by atoms with E-state index in [4.69, 9.17) is 4.98 Å². The van der Waals surface area contributed by atoms with Gasteiger partial charge in [0.05, 0.1) is 11.4 Å². The topological polar surface area (TPSA) is 90.4 Å². The van der Waals surface area contributed by atoms with Gasteiger partial charge in [-0.15, -0.1) is 10.2 Å². The SMILES string of the molecule is Cc1cnc(C)c(N2CCC(c3nnc(Cn4cncn4)n3C3CC3)CC2)n1. The Morgan fingerprint density at radius 1 is 1.07 bits per heavy atom. The summed E-state index contributed by atoms with van der Waals surface area (Å²) in [5, 5.41) is 13.4. The van der Waals surface area contributed by atoms with E-state index in [9.17, 15) is 0 Å². The van der Waals surface area contributed by atoms with E-state index in [1.54, 1.807) is 12.7 Å². The van der Waals surface area contributed by atoms with Crippen LogP contribution in [0.1, 0.15) is 60.7 Å². The number of hydrogen-bond acceptors (Lipinski definition) is 7. The van der Waals surface area contributed by atoms with Gasteiger partial charge in [0, 0.05) is 31.2 Å². The van der Waals surface area contributed by atoms with Gasteiger partial charge in [-0.1, -0.05) is 0 Å². The molecule has 0 radical (unpaired) electrons. The molecule has 0 N–H and O–H groups in total. The van der Waals surface area contributed by atoms with Crippen molar-refractivity contribution in [2.45, 2.75) is 58.0 Å². The molecule has 0 amide bonds. The monoisotopic (exact) mass is 379 g/mol. The Labute approximate surface area is 163 Å². The van der Waals surface area contributed by atoms with E-state index >= 15 is 0 Å². The maximum atomic E-state index is 4.71. The Morgan fingerprint density at radius 2 is 1.89 bits per heavy atom. The summed E-state index contributed by atoms with van der Waals surface area (Å²) in [6.45, 7) is 6.60. The molecule has 2 fully saturated rings. The van der Waals surface area contributed by atoms with Crippen molar-refractivity contribution in [3.63, 3.8) is 0 Å². The van der Waals surface area contributed by atoms with Gasteiger partial charge in [-0.2, -0.15) is 5.10 Å². The molecule has 9 nitrogen and oxygen atoms in total. The summed E-state index contributed by atoms with van der Waals surface area (Å²) in [4.78, 5) is 15.6. The largest absolute Gasteiger partial charge is 0.355 e. The van der Waals surface area contributed by atoms with Crippen molar-refractivity contribution >= 4 is 5.82 Å². The van der Waals surface area contributed by atoms with Crippen LogP contribution in [0.2, 0.25) is 0 Å². The summed E-state index contributed by atoms with van der Waals surface area (Å²) in [5.74, 6) is 3.59. The molecule has 28 heavy (non-hydrogen) atoms. The Balaban J connectivity index is 1.34. The predicted molar refractivity (Wildman–Crippen MR) is 103 cm³/mol. The van der Waals surface area contributed by atoms with Crippen LogP contribution in [0.3, 0.4) is 0 Å². The third kappa shape index (κ3) is 3.25. The van der Waals surface area contributed by atoms with Crippen LogP contribution in [0, 0.1) is 13.8 Å². The Hall–Kier alpha value is -2.84. The third-order valence-corrected chi connectivity index (χ3v) is 5.69. The third-order valence-electron chi connectivity index (χ3n) is 5.69. The van der Waals surface area contributed by atoms with Crippen molar-refractivity contribution in [1.29, 1.82) is 0 Å². The number of hydrogen-bond donors (Lipinski definition) is 0. The summed E-state index contributed by atoms with van der Waals surface area (Å²) in [6, 6.07) is 0.548. The zero-order valence-electron chi connectivity index (χ0n) is 16.4. The number of piperidine rings is 1. The molecule has 0 unspecified atom stereocenters. The highest BCUT2D eigenvalue weighted by molar-refractivity contribution is 5.43. The quantitative estimate of drug-likeness (QED) is 0.670. The van der Waals surface area contributed by atoms with Crippen molar-refractivity contribution in [2.75, 3.05) is 18.0 Å².